The van der Waals surface area contributed by atoms with Gasteiger partial charge in [-0.2, -0.15) is 0 Å². The zero-order valence-corrected chi connectivity index (χ0v) is 9.13. The van der Waals surface area contributed by atoms with E-state index in [0.717, 1.165) is 13.1 Å². The first kappa shape index (κ1) is 11.0. The van der Waals surface area contributed by atoms with Gasteiger partial charge in [-0.05, 0) is 27.7 Å². The van der Waals surface area contributed by atoms with Gasteiger partial charge < -0.3 is 9.84 Å². The molecule has 3 nitrogen and oxygen atoms in total. The monoisotopic (exact) mass is 187 g/mol. The molecule has 0 aromatic heterocycles. The SMILES string of the molecule is CC(C)(C)N1CCO[C@@](C)(CO)C1. The van der Waals surface area contributed by atoms with Crippen molar-refractivity contribution < 1.29 is 9.84 Å². The van der Waals surface area contributed by atoms with Gasteiger partial charge in [0.2, 0.25) is 0 Å². The first-order chi connectivity index (χ1) is 5.87. The molecule has 1 fully saturated rings. The molecule has 1 aliphatic heterocycles. The third kappa shape index (κ3) is 2.66. The Morgan fingerprint density at radius 1 is 1.46 bits per heavy atom. The van der Waals surface area contributed by atoms with Gasteiger partial charge in [-0.25, -0.2) is 0 Å². The van der Waals surface area contributed by atoms with Crippen molar-refractivity contribution in [1.82, 2.24) is 4.90 Å². The summed E-state index contributed by atoms with van der Waals surface area (Å²) in [6.07, 6.45) is 0. The van der Waals surface area contributed by atoms with Crippen LogP contribution in [0.2, 0.25) is 0 Å². The van der Waals surface area contributed by atoms with E-state index >= 15 is 0 Å². The first-order valence-corrected chi connectivity index (χ1v) is 4.87. The van der Waals surface area contributed by atoms with Gasteiger partial charge in [-0.3, -0.25) is 4.90 Å². The number of aliphatic hydroxyl groups is 1. The smallest absolute Gasteiger partial charge is 0.101 e. The Balaban J connectivity index is 2.62. The highest BCUT2D eigenvalue weighted by Gasteiger charge is 2.35. The van der Waals surface area contributed by atoms with Crippen molar-refractivity contribution in [2.45, 2.75) is 38.8 Å². The van der Waals surface area contributed by atoms with Crippen LogP contribution in [-0.2, 0) is 4.74 Å². The maximum absolute atomic E-state index is 9.18. The minimum Gasteiger partial charge on any atom is -0.393 e. The van der Waals surface area contributed by atoms with E-state index in [0.29, 0.717) is 6.61 Å². The van der Waals surface area contributed by atoms with Gasteiger partial charge in [0.15, 0.2) is 0 Å². The Morgan fingerprint density at radius 2 is 2.08 bits per heavy atom. The molecule has 78 valence electrons. The van der Waals surface area contributed by atoms with Gasteiger partial charge in [0.05, 0.1) is 13.2 Å². The van der Waals surface area contributed by atoms with Crippen LogP contribution in [0.1, 0.15) is 27.7 Å². The van der Waals surface area contributed by atoms with Crippen LogP contribution in [0.25, 0.3) is 0 Å². The van der Waals surface area contributed by atoms with Crippen LogP contribution in [0.3, 0.4) is 0 Å². The molecular formula is C10H21NO2. The topological polar surface area (TPSA) is 32.7 Å². The van der Waals surface area contributed by atoms with Gasteiger partial charge >= 0.3 is 0 Å². The number of hydrogen-bond donors (Lipinski definition) is 1. The van der Waals surface area contributed by atoms with E-state index in [1.165, 1.54) is 0 Å². The summed E-state index contributed by atoms with van der Waals surface area (Å²) in [5.41, 5.74) is -0.203. The minimum absolute atomic E-state index is 0.0968. The number of hydrogen-bond acceptors (Lipinski definition) is 3. The molecule has 0 aliphatic carbocycles. The average Bonchev–Trinajstić information content (AvgIpc) is 2.03. The van der Waals surface area contributed by atoms with Gasteiger partial charge in [0, 0.05) is 18.6 Å². The van der Waals surface area contributed by atoms with Crippen molar-refractivity contribution >= 4 is 0 Å². The predicted octanol–water partition coefficient (Wildman–Crippen LogP) is 0.868. The molecule has 13 heavy (non-hydrogen) atoms. The largest absolute Gasteiger partial charge is 0.393 e. The molecule has 0 spiro atoms. The Kier molecular flexibility index (Phi) is 3.00. The summed E-state index contributed by atoms with van der Waals surface area (Å²) >= 11 is 0. The van der Waals surface area contributed by atoms with Crippen molar-refractivity contribution in [3.63, 3.8) is 0 Å². The fourth-order valence-electron chi connectivity index (χ4n) is 1.60. The molecule has 1 N–H and O–H groups in total. The molecule has 1 heterocycles. The highest BCUT2D eigenvalue weighted by molar-refractivity contribution is 4.88. The molecule has 1 atom stereocenters. The first-order valence-electron chi connectivity index (χ1n) is 4.87. The van der Waals surface area contributed by atoms with Crippen LogP contribution in [-0.4, -0.2) is 47.4 Å². The summed E-state index contributed by atoms with van der Waals surface area (Å²) < 4.78 is 5.55. The summed E-state index contributed by atoms with van der Waals surface area (Å²) in [5.74, 6) is 0. The third-order valence-corrected chi connectivity index (χ3v) is 2.62. The van der Waals surface area contributed by atoms with Crippen LogP contribution in [0.15, 0.2) is 0 Å². The fraction of sp³-hybridized carbons (Fsp3) is 1.00. The lowest BCUT2D eigenvalue weighted by Gasteiger charge is -2.45. The molecule has 0 amide bonds. The molecule has 0 aromatic rings. The molecule has 0 radical (unpaired) electrons. The Morgan fingerprint density at radius 3 is 2.54 bits per heavy atom. The fourth-order valence-corrected chi connectivity index (χ4v) is 1.60. The van der Waals surface area contributed by atoms with Crippen LogP contribution in [0.4, 0.5) is 0 Å². The van der Waals surface area contributed by atoms with Gasteiger partial charge in [0.25, 0.3) is 0 Å². The molecule has 1 saturated heterocycles. The van der Waals surface area contributed by atoms with Crippen LogP contribution in [0, 0.1) is 0 Å². The highest BCUT2D eigenvalue weighted by Crippen LogP contribution is 2.23. The molecule has 3 heteroatoms. The predicted molar refractivity (Wildman–Crippen MR) is 52.8 cm³/mol. The molecule has 1 rings (SSSR count). The van der Waals surface area contributed by atoms with E-state index in [9.17, 15) is 5.11 Å². The maximum Gasteiger partial charge on any atom is 0.101 e. The quantitative estimate of drug-likeness (QED) is 0.661. The standard InChI is InChI=1S/C10H21NO2/c1-9(2,3)11-5-6-13-10(4,7-11)8-12/h12H,5-8H2,1-4H3/t10-/m1/s1. The number of aliphatic hydroxyl groups excluding tert-OH is 1. The highest BCUT2D eigenvalue weighted by atomic mass is 16.5. The second-order valence-corrected chi connectivity index (χ2v) is 5.05. The lowest BCUT2D eigenvalue weighted by Crippen LogP contribution is -2.57. The van der Waals surface area contributed by atoms with Crippen LogP contribution < -0.4 is 0 Å². The molecule has 0 unspecified atom stereocenters. The van der Waals surface area contributed by atoms with E-state index in [1.54, 1.807) is 0 Å². The van der Waals surface area contributed by atoms with E-state index in [-0.39, 0.29) is 17.7 Å². The number of morpholine rings is 1. The third-order valence-electron chi connectivity index (χ3n) is 2.62. The van der Waals surface area contributed by atoms with E-state index in [4.69, 9.17) is 4.74 Å². The Hall–Kier alpha value is -0.120. The second-order valence-electron chi connectivity index (χ2n) is 5.05. The van der Waals surface area contributed by atoms with Crippen molar-refractivity contribution in [2.24, 2.45) is 0 Å². The van der Waals surface area contributed by atoms with Gasteiger partial charge in [-0.1, -0.05) is 0 Å². The Bertz CT molecular complexity index is 176. The normalized spacial score (nSPS) is 32.1. The summed E-state index contributed by atoms with van der Waals surface area (Å²) in [5, 5.41) is 9.18. The zero-order chi connectivity index (χ0) is 10.1. The average molecular weight is 187 g/mol. The lowest BCUT2D eigenvalue weighted by atomic mass is 9.99. The van der Waals surface area contributed by atoms with E-state index < -0.39 is 0 Å². The van der Waals surface area contributed by atoms with Crippen LogP contribution >= 0.6 is 0 Å². The molecule has 1 aliphatic rings. The van der Waals surface area contributed by atoms with Crippen molar-refractivity contribution in [2.75, 3.05) is 26.3 Å². The van der Waals surface area contributed by atoms with Crippen molar-refractivity contribution in [1.29, 1.82) is 0 Å². The molecule has 0 saturated carbocycles. The number of rotatable bonds is 1. The maximum atomic E-state index is 9.18. The number of ether oxygens (including phenoxy) is 1. The van der Waals surface area contributed by atoms with Crippen molar-refractivity contribution in [3.8, 4) is 0 Å². The molecule has 0 bridgehead atoms. The van der Waals surface area contributed by atoms with E-state index in [1.807, 2.05) is 6.92 Å². The second kappa shape index (κ2) is 3.56. The molecule has 0 aromatic carbocycles. The Labute approximate surface area is 80.7 Å². The van der Waals surface area contributed by atoms with Crippen molar-refractivity contribution in [3.05, 3.63) is 0 Å². The number of nitrogens with zero attached hydrogens (tertiary/aromatic N) is 1. The van der Waals surface area contributed by atoms with Crippen LogP contribution in [0.5, 0.6) is 0 Å². The minimum atomic E-state index is -0.370. The summed E-state index contributed by atoms with van der Waals surface area (Å²) in [6, 6.07) is 0. The summed E-state index contributed by atoms with van der Waals surface area (Å²) in [4.78, 5) is 2.35. The molecular weight excluding hydrogens is 166 g/mol. The van der Waals surface area contributed by atoms with E-state index in [2.05, 4.69) is 25.7 Å². The summed E-state index contributed by atoms with van der Waals surface area (Å²) in [7, 11) is 0. The van der Waals surface area contributed by atoms with Gasteiger partial charge in [-0.15, -0.1) is 0 Å². The zero-order valence-electron chi connectivity index (χ0n) is 9.13. The lowest BCUT2D eigenvalue weighted by molar-refractivity contribution is -0.138. The summed E-state index contributed by atoms with van der Waals surface area (Å²) in [6.45, 7) is 11.1. The van der Waals surface area contributed by atoms with Gasteiger partial charge in [0.1, 0.15) is 5.60 Å².